The summed E-state index contributed by atoms with van der Waals surface area (Å²) in [6.45, 7) is 5.72. The Morgan fingerprint density at radius 3 is 2.65 bits per heavy atom. The summed E-state index contributed by atoms with van der Waals surface area (Å²) in [5, 5.41) is 15.8. The summed E-state index contributed by atoms with van der Waals surface area (Å²) in [5.74, 6) is 1.31. The van der Waals surface area contributed by atoms with Crippen LogP contribution in [-0.2, 0) is 11.3 Å². The Morgan fingerprint density at radius 2 is 1.96 bits per heavy atom. The molecule has 2 aromatic heterocycles. The molecule has 3 aromatic rings. The Bertz CT molecular complexity index is 915. The number of amides is 1. The van der Waals surface area contributed by atoms with Gasteiger partial charge in [-0.05, 0) is 36.4 Å². The molecule has 3 heterocycles. The van der Waals surface area contributed by atoms with Crippen molar-refractivity contribution in [1.82, 2.24) is 25.4 Å². The molecule has 0 saturated carbocycles. The first-order valence-corrected chi connectivity index (χ1v) is 8.40. The second-order valence-electron chi connectivity index (χ2n) is 6.37. The monoisotopic (exact) mass is 353 g/mol. The molecule has 0 aliphatic carbocycles. The van der Waals surface area contributed by atoms with Gasteiger partial charge >= 0.3 is 0 Å². The van der Waals surface area contributed by atoms with Crippen molar-refractivity contribution in [1.29, 1.82) is 0 Å². The van der Waals surface area contributed by atoms with Crippen molar-refractivity contribution in [3.63, 3.8) is 0 Å². The highest BCUT2D eigenvalue weighted by Crippen LogP contribution is 2.20. The summed E-state index contributed by atoms with van der Waals surface area (Å²) in [7, 11) is 0. The quantitative estimate of drug-likeness (QED) is 0.695. The molecule has 0 N–H and O–H groups in total. The van der Waals surface area contributed by atoms with Crippen molar-refractivity contribution >= 4 is 17.5 Å². The summed E-state index contributed by atoms with van der Waals surface area (Å²) in [5.41, 5.74) is 2.82. The smallest absolute Gasteiger partial charge is 0.246 e. The molecule has 1 amide bonds. The lowest BCUT2D eigenvalue weighted by Gasteiger charge is -2.34. The van der Waals surface area contributed by atoms with Crippen LogP contribution in [0.1, 0.15) is 17.0 Å². The summed E-state index contributed by atoms with van der Waals surface area (Å²) in [6.07, 6.45) is 0. The Hall–Kier alpha value is -3.23. The van der Waals surface area contributed by atoms with Crippen LogP contribution in [0.3, 0.4) is 0 Å². The molecule has 0 radical (unpaired) electrons. The summed E-state index contributed by atoms with van der Waals surface area (Å²) >= 11 is 0. The van der Waals surface area contributed by atoms with Crippen LogP contribution in [0.15, 0.2) is 34.9 Å². The third-order valence-electron chi connectivity index (χ3n) is 4.35. The summed E-state index contributed by atoms with van der Waals surface area (Å²) < 4.78 is 6.71. The first-order chi connectivity index (χ1) is 12.6. The zero-order valence-corrected chi connectivity index (χ0v) is 14.7. The van der Waals surface area contributed by atoms with E-state index in [4.69, 9.17) is 4.52 Å². The summed E-state index contributed by atoms with van der Waals surface area (Å²) in [6, 6.07) is 9.80. The molecule has 134 valence electrons. The van der Waals surface area contributed by atoms with E-state index in [9.17, 15) is 4.79 Å². The Kier molecular flexibility index (Phi) is 4.11. The Balaban J connectivity index is 1.48. The average molecular weight is 353 g/mol. The first-order valence-electron chi connectivity index (χ1n) is 8.40. The number of aromatic nitrogens is 5. The van der Waals surface area contributed by atoms with Crippen LogP contribution in [0.4, 0.5) is 11.6 Å². The van der Waals surface area contributed by atoms with Crippen molar-refractivity contribution < 1.29 is 9.32 Å². The predicted molar refractivity (Wildman–Crippen MR) is 93.9 cm³/mol. The van der Waals surface area contributed by atoms with E-state index >= 15 is 0 Å². The van der Waals surface area contributed by atoms with E-state index in [-0.39, 0.29) is 12.5 Å². The molecule has 1 aromatic carbocycles. The number of benzene rings is 1. The zero-order chi connectivity index (χ0) is 18.1. The van der Waals surface area contributed by atoms with Crippen LogP contribution in [0.5, 0.6) is 0 Å². The van der Waals surface area contributed by atoms with E-state index in [0.29, 0.717) is 25.6 Å². The van der Waals surface area contributed by atoms with Crippen LogP contribution in [-0.4, -0.2) is 50.9 Å². The zero-order valence-electron chi connectivity index (χ0n) is 14.7. The van der Waals surface area contributed by atoms with Crippen molar-refractivity contribution in [3.8, 4) is 0 Å². The van der Waals surface area contributed by atoms with Gasteiger partial charge in [0.25, 0.3) is 0 Å². The molecule has 0 unspecified atom stereocenters. The minimum Gasteiger partial charge on any atom is -0.361 e. The SMILES string of the molecule is Cc1ccc(N2CCN(c3nnnn3Cc3cc(C)on3)CC2=O)cc1. The molecule has 1 fully saturated rings. The number of carbonyl (C=O) groups is 1. The lowest BCUT2D eigenvalue weighted by molar-refractivity contribution is -0.117. The fourth-order valence-electron chi connectivity index (χ4n) is 3.02. The van der Waals surface area contributed by atoms with E-state index < -0.39 is 0 Å². The molecule has 1 aliphatic rings. The molecule has 1 saturated heterocycles. The number of piperazine rings is 1. The molecular formula is C17H19N7O2. The molecule has 4 rings (SSSR count). The van der Waals surface area contributed by atoms with Crippen LogP contribution in [0, 0.1) is 13.8 Å². The standard InChI is InChI=1S/C17H19N7O2/c1-12-3-5-15(6-4-12)23-8-7-22(11-16(23)25)17-18-20-21-24(17)10-14-9-13(2)26-19-14/h3-6,9H,7-8,10-11H2,1-2H3. The van der Waals surface area contributed by atoms with Gasteiger partial charge in [-0.15, -0.1) is 0 Å². The molecular weight excluding hydrogens is 334 g/mol. The van der Waals surface area contributed by atoms with Crippen molar-refractivity contribution in [3.05, 3.63) is 47.3 Å². The number of rotatable bonds is 4. The Morgan fingerprint density at radius 1 is 1.15 bits per heavy atom. The van der Waals surface area contributed by atoms with Gasteiger partial charge in [-0.25, -0.2) is 4.68 Å². The van der Waals surface area contributed by atoms with Gasteiger partial charge in [0.2, 0.25) is 11.9 Å². The van der Waals surface area contributed by atoms with Gasteiger partial charge in [-0.1, -0.05) is 28.0 Å². The Labute approximate surface area is 150 Å². The van der Waals surface area contributed by atoms with Gasteiger partial charge in [0, 0.05) is 24.8 Å². The fourth-order valence-corrected chi connectivity index (χ4v) is 3.02. The molecule has 0 bridgehead atoms. The topological polar surface area (TPSA) is 93.2 Å². The van der Waals surface area contributed by atoms with Crippen molar-refractivity contribution in [2.45, 2.75) is 20.4 Å². The van der Waals surface area contributed by atoms with Gasteiger partial charge in [-0.3, -0.25) is 4.79 Å². The van der Waals surface area contributed by atoms with Gasteiger partial charge < -0.3 is 14.3 Å². The lowest BCUT2D eigenvalue weighted by Crippen LogP contribution is -2.51. The van der Waals surface area contributed by atoms with E-state index in [0.717, 1.165) is 17.1 Å². The molecule has 26 heavy (non-hydrogen) atoms. The third kappa shape index (κ3) is 3.15. The number of hydrogen-bond acceptors (Lipinski definition) is 7. The maximum Gasteiger partial charge on any atom is 0.246 e. The van der Waals surface area contributed by atoms with Crippen LogP contribution >= 0.6 is 0 Å². The second kappa shape index (κ2) is 6.58. The maximum absolute atomic E-state index is 12.6. The van der Waals surface area contributed by atoms with Gasteiger partial charge in [-0.2, -0.15) is 0 Å². The van der Waals surface area contributed by atoms with E-state index in [1.165, 1.54) is 5.56 Å². The first kappa shape index (κ1) is 16.2. The number of tetrazole rings is 1. The third-order valence-corrected chi connectivity index (χ3v) is 4.35. The van der Waals surface area contributed by atoms with Gasteiger partial charge in [0.05, 0.1) is 6.54 Å². The second-order valence-corrected chi connectivity index (χ2v) is 6.37. The van der Waals surface area contributed by atoms with Crippen molar-refractivity contribution in [2.75, 3.05) is 29.4 Å². The summed E-state index contributed by atoms with van der Waals surface area (Å²) in [4.78, 5) is 16.3. The number of hydrogen-bond donors (Lipinski definition) is 0. The predicted octanol–water partition coefficient (Wildman–Crippen LogP) is 1.18. The highest BCUT2D eigenvalue weighted by molar-refractivity contribution is 5.97. The minimum atomic E-state index is 0.0203. The highest BCUT2D eigenvalue weighted by atomic mass is 16.5. The van der Waals surface area contributed by atoms with Crippen molar-refractivity contribution in [2.24, 2.45) is 0 Å². The van der Waals surface area contributed by atoms with E-state index in [2.05, 4.69) is 20.7 Å². The number of nitrogens with zero attached hydrogens (tertiary/aromatic N) is 7. The maximum atomic E-state index is 12.6. The lowest BCUT2D eigenvalue weighted by atomic mass is 10.2. The molecule has 9 heteroatoms. The van der Waals surface area contributed by atoms with Crippen LogP contribution in [0.2, 0.25) is 0 Å². The van der Waals surface area contributed by atoms with Crippen LogP contribution < -0.4 is 9.80 Å². The highest BCUT2D eigenvalue weighted by Gasteiger charge is 2.28. The fraction of sp³-hybridized carbons (Fsp3) is 0.353. The van der Waals surface area contributed by atoms with E-state index in [1.807, 2.05) is 49.1 Å². The number of aryl methyl sites for hydroxylation is 2. The number of carbonyl (C=O) groups excluding carboxylic acids is 1. The molecule has 0 spiro atoms. The molecule has 1 aliphatic heterocycles. The van der Waals surface area contributed by atoms with Gasteiger partial charge in [0.1, 0.15) is 18.0 Å². The normalized spacial score (nSPS) is 14.9. The average Bonchev–Trinajstić information content (AvgIpc) is 3.25. The number of anilines is 2. The van der Waals surface area contributed by atoms with Crippen LogP contribution in [0.25, 0.3) is 0 Å². The van der Waals surface area contributed by atoms with E-state index in [1.54, 1.807) is 9.58 Å². The largest absolute Gasteiger partial charge is 0.361 e. The molecule has 9 nitrogen and oxygen atoms in total. The minimum absolute atomic E-state index is 0.0203. The molecule has 0 atom stereocenters. The van der Waals surface area contributed by atoms with Gasteiger partial charge in [0.15, 0.2) is 0 Å².